The molecule has 2 aromatic rings. The van der Waals surface area contributed by atoms with Crippen molar-refractivity contribution in [3.05, 3.63) is 36.2 Å². The van der Waals surface area contributed by atoms with Crippen LogP contribution in [0.5, 0.6) is 0 Å². The van der Waals surface area contributed by atoms with E-state index in [-0.39, 0.29) is 18.3 Å². The third-order valence-corrected chi connectivity index (χ3v) is 4.17. The number of carbonyl (C=O) groups is 1. The zero-order valence-electron chi connectivity index (χ0n) is 14.6. The molecule has 2 aromatic heterocycles. The first-order valence-electron chi connectivity index (χ1n) is 8.29. The quantitative estimate of drug-likeness (QED) is 0.803. The number of anilines is 3. The second kappa shape index (κ2) is 7.51. The predicted molar refractivity (Wildman–Crippen MR) is 96.7 cm³/mol. The van der Waals surface area contributed by atoms with Crippen LogP contribution in [0.1, 0.15) is 16.9 Å². The van der Waals surface area contributed by atoms with Gasteiger partial charge in [-0.25, -0.2) is 19.2 Å². The molecule has 0 aliphatic carbocycles. The SMILES string of the molecule is CN(C)c1nccc(N2C[C@@H](F)C[C@H]2CNc2cccc(C(=O)O)n2)n1. The Morgan fingerprint density at radius 2 is 2.19 bits per heavy atom. The molecule has 1 aliphatic rings. The maximum absolute atomic E-state index is 14.0. The number of hydrogen-bond acceptors (Lipinski definition) is 7. The van der Waals surface area contributed by atoms with Crippen LogP contribution in [0.4, 0.5) is 22.0 Å². The van der Waals surface area contributed by atoms with Gasteiger partial charge in [0, 0.05) is 33.3 Å². The Bertz CT molecular complexity index is 787. The summed E-state index contributed by atoms with van der Waals surface area (Å²) in [6.45, 7) is 0.691. The predicted octanol–water partition coefficient (Wildman–Crippen LogP) is 1.66. The van der Waals surface area contributed by atoms with E-state index in [1.807, 2.05) is 19.0 Å². The van der Waals surface area contributed by atoms with Gasteiger partial charge in [0.25, 0.3) is 0 Å². The summed E-state index contributed by atoms with van der Waals surface area (Å²) >= 11 is 0. The third kappa shape index (κ3) is 3.98. The fraction of sp³-hybridized carbons (Fsp3) is 0.412. The van der Waals surface area contributed by atoms with Gasteiger partial charge in [-0.15, -0.1) is 0 Å². The normalized spacial score (nSPS) is 19.4. The lowest BCUT2D eigenvalue weighted by Gasteiger charge is -2.26. The van der Waals surface area contributed by atoms with Crippen molar-refractivity contribution < 1.29 is 14.3 Å². The Labute approximate surface area is 150 Å². The van der Waals surface area contributed by atoms with Crippen LogP contribution in [0.25, 0.3) is 0 Å². The molecule has 138 valence electrons. The van der Waals surface area contributed by atoms with E-state index in [2.05, 4.69) is 20.3 Å². The van der Waals surface area contributed by atoms with E-state index in [9.17, 15) is 9.18 Å². The maximum atomic E-state index is 14.0. The number of aromatic nitrogens is 3. The highest BCUT2D eigenvalue weighted by Gasteiger charge is 2.33. The third-order valence-electron chi connectivity index (χ3n) is 4.17. The van der Waals surface area contributed by atoms with Crippen LogP contribution in [0.2, 0.25) is 0 Å². The minimum atomic E-state index is -1.09. The first kappa shape index (κ1) is 17.8. The zero-order chi connectivity index (χ0) is 18.7. The molecule has 2 N–H and O–H groups in total. The van der Waals surface area contributed by atoms with E-state index in [1.54, 1.807) is 29.3 Å². The van der Waals surface area contributed by atoms with Gasteiger partial charge in [0.15, 0.2) is 5.69 Å². The lowest BCUT2D eigenvalue weighted by Crippen LogP contribution is -2.36. The molecule has 0 bridgehead atoms. The summed E-state index contributed by atoms with van der Waals surface area (Å²) in [4.78, 5) is 27.4. The van der Waals surface area contributed by atoms with Crippen LogP contribution >= 0.6 is 0 Å². The lowest BCUT2D eigenvalue weighted by atomic mass is 10.2. The minimum Gasteiger partial charge on any atom is -0.477 e. The molecule has 1 saturated heterocycles. The standard InChI is InChI=1S/C17H21FN6O2/c1-23(2)17-19-7-6-15(22-17)24-10-11(18)8-12(24)9-20-14-5-3-4-13(21-14)16(25)26/h3-7,11-12H,8-10H2,1-2H3,(H,20,21)(H,25,26)/t11-,12-/m0/s1. The highest BCUT2D eigenvalue weighted by atomic mass is 19.1. The van der Waals surface area contributed by atoms with Crippen molar-refractivity contribution in [1.29, 1.82) is 0 Å². The number of halogens is 1. The fourth-order valence-electron chi connectivity index (χ4n) is 2.92. The minimum absolute atomic E-state index is 0.0342. The Balaban J connectivity index is 1.73. The Kier molecular flexibility index (Phi) is 5.15. The maximum Gasteiger partial charge on any atom is 0.354 e. The molecule has 0 spiro atoms. The van der Waals surface area contributed by atoms with E-state index in [1.165, 1.54) is 6.07 Å². The topological polar surface area (TPSA) is 94.5 Å². The summed E-state index contributed by atoms with van der Waals surface area (Å²) in [7, 11) is 3.70. The molecule has 3 rings (SSSR count). The van der Waals surface area contributed by atoms with Gasteiger partial charge in [0.05, 0.1) is 12.6 Å². The van der Waals surface area contributed by atoms with Crippen molar-refractivity contribution >= 4 is 23.6 Å². The first-order valence-corrected chi connectivity index (χ1v) is 8.29. The number of carboxylic acid groups (broad SMARTS) is 1. The second-order valence-electron chi connectivity index (χ2n) is 6.34. The second-order valence-corrected chi connectivity index (χ2v) is 6.34. The molecule has 0 unspecified atom stereocenters. The molecule has 9 heteroatoms. The molecule has 2 atom stereocenters. The van der Waals surface area contributed by atoms with Crippen molar-refractivity contribution in [2.24, 2.45) is 0 Å². The van der Waals surface area contributed by atoms with Gasteiger partial charge in [0.2, 0.25) is 5.95 Å². The Morgan fingerprint density at radius 3 is 2.92 bits per heavy atom. The van der Waals surface area contributed by atoms with Crippen LogP contribution in [-0.2, 0) is 0 Å². The number of nitrogens with one attached hydrogen (secondary N) is 1. The summed E-state index contributed by atoms with van der Waals surface area (Å²) in [5.74, 6) is 0.594. The van der Waals surface area contributed by atoms with Crippen molar-refractivity contribution in [2.75, 3.05) is 42.3 Å². The number of pyridine rings is 1. The molecule has 3 heterocycles. The molecule has 0 amide bonds. The van der Waals surface area contributed by atoms with E-state index in [4.69, 9.17) is 5.11 Å². The van der Waals surface area contributed by atoms with Gasteiger partial charge in [0.1, 0.15) is 17.8 Å². The van der Waals surface area contributed by atoms with Gasteiger partial charge in [-0.1, -0.05) is 6.07 Å². The fourth-order valence-corrected chi connectivity index (χ4v) is 2.92. The van der Waals surface area contributed by atoms with Crippen molar-refractivity contribution in [2.45, 2.75) is 18.6 Å². The van der Waals surface area contributed by atoms with Gasteiger partial charge in [-0.3, -0.25) is 0 Å². The van der Waals surface area contributed by atoms with Crippen molar-refractivity contribution in [3.63, 3.8) is 0 Å². The monoisotopic (exact) mass is 360 g/mol. The number of alkyl halides is 1. The summed E-state index contributed by atoms with van der Waals surface area (Å²) in [6, 6.07) is 6.38. The summed E-state index contributed by atoms with van der Waals surface area (Å²) in [5.41, 5.74) is -0.0342. The molecule has 26 heavy (non-hydrogen) atoms. The highest BCUT2D eigenvalue weighted by molar-refractivity contribution is 5.85. The highest BCUT2D eigenvalue weighted by Crippen LogP contribution is 2.26. The Morgan fingerprint density at radius 1 is 1.38 bits per heavy atom. The summed E-state index contributed by atoms with van der Waals surface area (Å²) in [6.07, 6.45) is 1.08. The largest absolute Gasteiger partial charge is 0.477 e. The van der Waals surface area contributed by atoms with Crippen LogP contribution in [-0.4, -0.2) is 65.4 Å². The molecular weight excluding hydrogens is 339 g/mol. The number of nitrogens with zero attached hydrogens (tertiary/aromatic N) is 5. The van der Waals surface area contributed by atoms with Crippen LogP contribution in [0.15, 0.2) is 30.5 Å². The van der Waals surface area contributed by atoms with E-state index in [0.29, 0.717) is 30.5 Å². The average molecular weight is 360 g/mol. The number of carboxylic acids is 1. The number of hydrogen-bond donors (Lipinski definition) is 2. The molecule has 0 aromatic carbocycles. The van der Waals surface area contributed by atoms with E-state index < -0.39 is 12.1 Å². The molecular formula is C17H21FN6O2. The Hall–Kier alpha value is -2.97. The number of rotatable bonds is 6. The lowest BCUT2D eigenvalue weighted by molar-refractivity contribution is 0.0690. The van der Waals surface area contributed by atoms with Gasteiger partial charge < -0.3 is 20.2 Å². The van der Waals surface area contributed by atoms with Crippen LogP contribution in [0, 0.1) is 0 Å². The average Bonchev–Trinajstić information content (AvgIpc) is 3.01. The van der Waals surface area contributed by atoms with E-state index >= 15 is 0 Å². The van der Waals surface area contributed by atoms with Crippen molar-refractivity contribution in [3.8, 4) is 0 Å². The molecule has 1 aliphatic heterocycles. The first-order chi connectivity index (χ1) is 12.4. The summed E-state index contributed by atoms with van der Waals surface area (Å²) < 4.78 is 14.0. The van der Waals surface area contributed by atoms with Crippen LogP contribution < -0.4 is 15.1 Å². The molecule has 8 nitrogen and oxygen atoms in total. The molecule has 0 saturated carbocycles. The molecule has 1 fully saturated rings. The van der Waals surface area contributed by atoms with Crippen molar-refractivity contribution in [1.82, 2.24) is 15.0 Å². The zero-order valence-corrected chi connectivity index (χ0v) is 14.6. The smallest absolute Gasteiger partial charge is 0.354 e. The van der Waals surface area contributed by atoms with E-state index in [0.717, 1.165) is 0 Å². The molecule has 0 radical (unpaired) electrons. The van der Waals surface area contributed by atoms with Gasteiger partial charge in [-0.05, 0) is 18.2 Å². The van der Waals surface area contributed by atoms with Crippen LogP contribution in [0.3, 0.4) is 0 Å². The summed E-state index contributed by atoms with van der Waals surface area (Å²) in [5, 5.41) is 12.1. The van der Waals surface area contributed by atoms with Gasteiger partial charge in [-0.2, -0.15) is 4.98 Å². The number of aromatic carboxylic acids is 1. The van der Waals surface area contributed by atoms with Gasteiger partial charge >= 0.3 is 5.97 Å².